The van der Waals surface area contributed by atoms with Gasteiger partial charge in [0.15, 0.2) is 4.34 Å². The number of aromatic nitrogens is 2. The van der Waals surface area contributed by atoms with Crippen LogP contribution in [0.25, 0.3) is 0 Å². The number of nitrogens with one attached hydrogen (secondary N) is 1. The normalized spacial score (nSPS) is 15.6. The lowest BCUT2D eigenvalue weighted by Crippen LogP contribution is -2.32. The third kappa shape index (κ3) is 5.44. The molecule has 2 heterocycles. The zero-order valence-corrected chi connectivity index (χ0v) is 18.7. The van der Waals surface area contributed by atoms with E-state index >= 15 is 0 Å². The van der Waals surface area contributed by atoms with Gasteiger partial charge in [0.1, 0.15) is 0 Å². The number of benzene rings is 1. The molecule has 2 aromatic rings. The first kappa shape index (κ1) is 21.9. The van der Waals surface area contributed by atoms with E-state index in [1.807, 2.05) is 0 Å². The zero-order valence-electron chi connectivity index (χ0n) is 16.3. The first-order valence-electron chi connectivity index (χ1n) is 9.41. The third-order valence-electron chi connectivity index (χ3n) is 4.58. The molecule has 1 aromatic heterocycles. The lowest BCUT2D eigenvalue weighted by atomic mass is 10.1. The van der Waals surface area contributed by atoms with E-state index in [-0.39, 0.29) is 10.5 Å². The van der Waals surface area contributed by atoms with Crippen molar-refractivity contribution in [3.8, 4) is 0 Å². The summed E-state index contributed by atoms with van der Waals surface area (Å²) in [6.45, 7) is 6.45. The van der Waals surface area contributed by atoms with Crippen molar-refractivity contribution < 1.29 is 13.2 Å². The molecule has 0 saturated carbocycles. The van der Waals surface area contributed by atoms with Crippen molar-refractivity contribution in [1.82, 2.24) is 14.5 Å². The molecule has 156 valence electrons. The van der Waals surface area contributed by atoms with Crippen LogP contribution < -0.4 is 5.32 Å². The first-order chi connectivity index (χ1) is 13.9. The maximum Gasteiger partial charge on any atom is 0.257 e. The van der Waals surface area contributed by atoms with Gasteiger partial charge < -0.3 is 0 Å². The summed E-state index contributed by atoms with van der Waals surface area (Å²) in [7, 11) is -3.64. The molecular formula is C19H24N4O3S3. The SMILES string of the molecule is C=CCSc1nnc(NC(=O)c2ccc(C)c(S(=O)(=O)N3CCCCCC3)c2)s1. The lowest BCUT2D eigenvalue weighted by molar-refractivity contribution is 0.102. The summed E-state index contributed by atoms with van der Waals surface area (Å²) in [5.74, 6) is 0.298. The number of nitrogens with zero attached hydrogens (tertiary/aromatic N) is 3. The minimum atomic E-state index is -3.64. The van der Waals surface area contributed by atoms with E-state index in [0.717, 1.165) is 30.0 Å². The fourth-order valence-electron chi connectivity index (χ4n) is 3.06. The quantitative estimate of drug-likeness (QED) is 0.389. The molecule has 1 aliphatic heterocycles. The molecule has 3 rings (SSSR count). The zero-order chi connectivity index (χ0) is 20.9. The Balaban J connectivity index is 1.79. The molecule has 0 bridgehead atoms. The minimum Gasteiger partial charge on any atom is -0.296 e. The largest absolute Gasteiger partial charge is 0.296 e. The molecule has 1 saturated heterocycles. The maximum absolute atomic E-state index is 13.2. The molecule has 1 aromatic carbocycles. The molecule has 1 fully saturated rings. The first-order valence-corrected chi connectivity index (χ1v) is 12.7. The van der Waals surface area contributed by atoms with Gasteiger partial charge in [0.25, 0.3) is 5.91 Å². The second-order valence-electron chi connectivity index (χ2n) is 6.73. The number of hydrogen-bond donors (Lipinski definition) is 1. The molecule has 1 amide bonds. The summed E-state index contributed by atoms with van der Waals surface area (Å²) >= 11 is 2.75. The van der Waals surface area contributed by atoms with Crippen LogP contribution in [0, 0.1) is 6.92 Å². The summed E-state index contributed by atoms with van der Waals surface area (Å²) in [6.07, 6.45) is 5.58. The highest BCUT2D eigenvalue weighted by Gasteiger charge is 2.27. The monoisotopic (exact) mass is 452 g/mol. The van der Waals surface area contributed by atoms with E-state index in [1.165, 1.54) is 33.5 Å². The molecule has 1 aliphatic rings. The van der Waals surface area contributed by atoms with E-state index < -0.39 is 15.9 Å². The van der Waals surface area contributed by atoms with Gasteiger partial charge in [-0.15, -0.1) is 16.8 Å². The van der Waals surface area contributed by atoms with Crippen molar-refractivity contribution in [2.24, 2.45) is 0 Å². The Kier molecular flexibility index (Phi) is 7.44. The van der Waals surface area contributed by atoms with Crippen LogP contribution in [0.3, 0.4) is 0 Å². The number of amides is 1. The second-order valence-corrected chi connectivity index (χ2v) is 10.9. The van der Waals surface area contributed by atoms with Crippen LogP contribution in [-0.4, -0.2) is 47.7 Å². The predicted molar refractivity (Wildman–Crippen MR) is 117 cm³/mol. The van der Waals surface area contributed by atoms with Gasteiger partial charge >= 0.3 is 0 Å². The Morgan fingerprint density at radius 3 is 2.69 bits per heavy atom. The van der Waals surface area contributed by atoms with E-state index in [0.29, 0.717) is 29.5 Å². The Labute approximate surface area is 179 Å². The number of rotatable bonds is 7. The molecule has 7 nitrogen and oxygen atoms in total. The standard InChI is InChI=1S/C19H24N4O3S3/c1-3-12-27-19-22-21-18(28-19)20-17(24)15-9-8-14(2)16(13-15)29(25,26)23-10-6-4-5-7-11-23/h3,8-9,13H,1,4-7,10-12H2,2H3,(H,20,21,24). The Hall–Kier alpha value is -1.75. The topological polar surface area (TPSA) is 92.3 Å². The Bertz CT molecular complexity index is 980. The van der Waals surface area contributed by atoms with Crippen LogP contribution in [0.4, 0.5) is 5.13 Å². The number of thioether (sulfide) groups is 1. The molecule has 29 heavy (non-hydrogen) atoms. The average molecular weight is 453 g/mol. The van der Waals surface area contributed by atoms with Crippen molar-refractivity contribution in [3.63, 3.8) is 0 Å². The second kappa shape index (κ2) is 9.84. The molecule has 0 aliphatic carbocycles. The van der Waals surface area contributed by atoms with Crippen LogP contribution in [0.1, 0.15) is 41.6 Å². The van der Waals surface area contributed by atoms with Gasteiger partial charge in [-0.05, 0) is 37.5 Å². The minimum absolute atomic E-state index is 0.187. The molecule has 0 spiro atoms. The summed E-state index contributed by atoms with van der Waals surface area (Å²) in [5.41, 5.74) is 0.907. The summed E-state index contributed by atoms with van der Waals surface area (Å²) < 4.78 is 28.6. The van der Waals surface area contributed by atoms with Gasteiger partial charge in [-0.25, -0.2) is 8.42 Å². The highest BCUT2D eigenvalue weighted by Crippen LogP contribution is 2.27. The summed E-state index contributed by atoms with van der Waals surface area (Å²) in [6, 6.07) is 4.75. The number of anilines is 1. The molecule has 10 heteroatoms. The summed E-state index contributed by atoms with van der Waals surface area (Å²) in [4.78, 5) is 12.8. The van der Waals surface area contributed by atoms with Crippen molar-refractivity contribution in [3.05, 3.63) is 42.0 Å². The third-order valence-corrected chi connectivity index (χ3v) is 8.59. The number of carbonyl (C=O) groups is 1. The highest BCUT2D eigenvalue weighted by molar-refractivity contribution is 8.01. The van der Waals surface area contributed by atoms with Gasteiger partial charge in [-0.2, -0.15) is 4.31 Å². The molecule has 0 unspecified atom stereocenters. The van der Waals surface area contributed by atoms with E-state index in [2.05, 4.69) is 22.1 Å². The van der Waals surface area contributed by atoms with E-state index in [1.54, 1.807) is 25.1 Å². The van der Waals surface area contributed by atoms with Crippen molar-refractivity contribution in [2.45, 2.75) is 41.8 Å². The van der Waals surface area contributed by atoms with Crippen molar-refractivity contribution >= 4 is 44.2 Å². The smallest absolute Gasteiger partial charge is 0.257 e. The van der Waals surface area contributed by atoms with E-state index in [9.17, 15) is 13.2 Å². The lowest BCUT2D eigenvalue weighted by Gasteiger charge is -2.21. The molecule has 0 atom stereocenters. The van der Waals surface area contributed by atoms with Crippen molar-refractivity contribution in [2.75, 3.05) is 24.2 Å². The number of sulfonamides is 1. The van der Waals surface area contributed by atoms with E-state index in [4.69, 9.17) is 0 Å². The average Bonchev–Trinajstić information content (AvgIpc) is 2.96. The van der Waals surface area contributed by atoms with Gasteiger partial charge in [0, 0.05) is 24.4 Å². The predicted octanol–water partition coefficient (Wildman–Crippen LogP) is 3.94. The van der Waals surface area contributed by atoms with Gasteiger partial charge in [-0.3, -0.25) is 10.1 Å². The fraction of sp³-hybridized carbons (Fsp3) is 0.421. The Morgan fingerprint density at radius 1 is 1.28 bits per heavy atom. The van der Waals surface area contributed by atoms with Gasteiger partial charge in [-0.1, -0.05) is 48.1 Å². The Morgan fingerprint density at radius 2 is 2.00 bits per heavy atom. The van der Waals surface area contributed by atoms with Gasteiger partial charge in [0.2, 0.25) is 15.2 Å². The van der Waals surface area contributed by atoms with Crippen LogP contribution >= 0.6 is 23.1 Å². The van der Waals surface area contributed by atoms with Crippen LogP contribution in [0.15, 0.2) is 40.1 Å². The van der Waals surface area contributed by atoms with Crippen LogP contribution in [-0.2, 0) is 10.0 Å². The fourth-order valence-corrected chi connectivity index (χ4v) is 6.33. The number of carbonyl (C=O) groups excluding carboxylic acids is 1. The highest BCUT2D eigenvalue weighted by atomic mass is 32.2. The van der Waals surface area contributed by atoms with Crippen molar-refractivity contribution in [1.29, 1.82) is 0 Å². The summed E-state index contributed by atoms with van der Waals surface area (Å²) in [5, 5.41) is 11.0. The molecule has 1 N–H and O–H groups in total. The van der Waals surface area contributed by atoms with Crippen LogP contribution in [0.5, 0.6) is 0 Å². The molecular weight excluding hydrogens is 428 g/mol. The number of aryl methyl sites for hydroxylation is 1. The van der Waals surface area contributed by atoms with Crippen LogP contribution in [0.2, 0.25) is 0 Å². The molecule has 0 radical (unpaired) electrons. The number of hydrogen-bond acceptors (Lipinski definition) is 7. The maximum atomic E-state index is 13.2. The van der Waals surface area contributed by atoms with Gasteiger partial charge in [0.05, 0.1) is 4.90 Å².